The molecule has 0 unspecified atom stereocenters. The molecule has 0 bridgehead atoms. The summed E-state index contributed by atoms with van der Waals surface area (Å²) in [5, 5.41) is 0. The number of piperidine rings is 1. The average molecular weight is 282 g/mol. The van der Waals surface area contributed by atoms with Crippen molar-refractivity contribution in [2.45, 2.75) is 32.2 Å². The molecule has 0 saturated carbocycles. The zero-order valence-electron chi connectivity index (χ0n) is 12.5. The van der Waals surface area contributed by atoms with Crippen molar-refractivity contribution in [1.82, 2.24) is 9.97 Å². The van der Waals surface area contributed by atoms with E-state index in [1.54, 1.807) is 0 Å². The van der Waals surface area contributed by atoms with Crippen LogP contribution in [0.15, 0.2) is 36.5 Å². The quantitative estimate of drug-likeness (QED) is 0.938. The number of hydrogen-bond donors (Lipinski definition) is 1. The van der Waals surface area contributed by atoms with Crippen LogP contribution in [0.3, 0.4) is 0 Å². The predicted molar refractivity (Wildman–Crippen MR) is 85.4 cm³/mol. The molecule has 110 valence electrons. The van der Waals surface area contributed by atoms with Crippen molar-refractivity contribution >= 4 is 5.95 Å². The van der Waals surface area contributed by atoms with Gasteiger partial charge in [0.1, 0.15) is 0 Å². The number of rotatable bonds is 3. The van der Waals surface area contributed by atoms with Gasteiger partial charge in [-0.1, -0.05) is 29.8 Å². The van der Waals surface area contributed by atoms with Crippen LogP contribution in [0.5, 0.6) is 0 Å². The van der Waals surface area contributed by atoms with Crippen LogP contribution in [0, 0.1) is 6.92 Å². The first kappa shape index (κ1) is 14.0. The molecule has 0 amide bonds. The highest BCUT2D eigenvalue weighted by Gasteiger charge is 2.18. The summed E-state index contributed by atoms with van der Waals surface area (Å²) in [5.74, 6) is 0.839. The summed E-state index contributed by atoms with van der Waals surface area (Å²) in [6, 6.07) is 10.9. The van der Waals surface area contributed by atoms with Crippen molar-refractivity contribution in [2.24, 2.45) is 5.73 Å². The van der Waals surface area contributed by atoms with E-state index < -0.39 is 0 Å². The minimum atomic E-state index is 0.331. The van der Waals surface area contributed by atoms with E-state index in [1.807, 2.05) is 12.3 Å². The van der Waals surface area contributed by atoms with Crippen molar-refractivity contribution in [2.75, 3.05) is 18.0 Å². The van der Waals surface area contributed by atoms with Gasteiger partial charge in [0.2, 0.25) is 5.95 Å². The third kappa shape index (κ3) is 3.58. The van der Waals surface area contributed by atoms with Crippen LogP contribution >= 0.6 is 0 Å². The van der Waals surface area contributed by atoms with Gasteiger partial charge in [-0.25, -0.2) is 9.97 Å². The summed E-state index contributed by atoms with van der Waals surface area (Å²) in [5.41, 5.74) is 9.59. The predicted octanol–water partition coefficient (Wildman–Crippen LogP) is 2.30. The number of benzene rings is 1. The molecule has 4 heteroatoms. The molecule has 2 N–H and O–H groups in total. The van der Waals surface area contributed by atoms with E-state index in [4.69, 9.17) is 10.7 Å². The van der Waals surface area contributed by atoms with Crippen LogP contribution in [-0.4, -0.2) is 29.1 Å². The number of nitrogens with zero attached hydrogens (tertiary/aromatic N) is 3. The Bertz CT molecular complexity index is 586. The molecule has 1 aliphatic rings. The second-order valence-electron chi connectivity index (χ2n) is 5.83. The first-order valence-electron chi connectivity index (χ1n) is 7.59. The summed E-state index contributed by atoms with van der Waals surface area (Å²) < 4.78 is 0. The van der Waals surface area contributed by atoms with E-state index in [0.717, 1.165) is 44.0 Å². The fourth-order valence-corrected chi connectivity index (χ4v) is 2.65. The lowest BCUT2D eigenvalue weighted by Crippen LogP contribution is -2.40. The highest BCUT2D eigenvalue weighted by atomic mass is 15.3. The second kappa shape index (κ2) is 6.22. The smallest absolute Gasteiger partial charge is 0.225 e. The Hall–Kier alpha value is -1.94. The zero-order chi connectivity index (χ0) is 14.7. The molecule has 0 radical (unpaired) electrons. The first-order valence-corrected chi connectivity index (χ1v) is 7.59. The monoisotopic (exact) mass is 282 g/mol. The Labute approximate surface area is 126 Å². The van der Waals surface area contributed by atoms with E-state index in [1.165, 1.54) is 11.1 Å². The molecule has 1 saturated heterocycles. The maximum Gasteiger partial charge on any atom is 0.225 e. The van der Waals surface area contributed by atoms with Gasteiger partial charge in [0.05, 0.1) is 5.69 Å². The Kier molecular flexibility index (Phi) is 4.15. The van der Waals surface area contributed by atoms with Crippen molar-refractivity contribution in [1.29, 1.82) is 0 Å². The fraction of sp³-hybridized carbons (Fsp3) is 0.412. The largest absolute Gasteiger partial charge is 0.341 e. The van der Waals surface area contributed by atoms with Crippen molar-refractivity contribution in [3.8, 4) is 0 Å². The van der Waals surface area contributed by atoms with Gasteiger partial charge in [0, 0.05) is 31.7 Å². The minimum absolute atomic E-state index is 0.331. The van der Waals surface area contributed by atoms with Crippen LogP contribution < -0.4 is 10.6 Å². The van der Waals surface area contributed by atoms with Crippen LogP contribution in [0.2, 0.25) is 0 Å². The first-order chi connectivity index (χ1) is 10.2. The molecule has 1 fully saturated rings. The van der Waals surface area contributed by atoms with Crippen LogP contribution in [0.25, 0.3) is 0 Å². The van der Waals surface area contributed by atoms with E-state index >= 15 is 0 Å². The molecule has 0 spiro atoms. The van der Waals surface area contributed by atoms with Gasteiger partial charge in [-0.2, -0.15) is 0 Å². The third-order valence-electron chi connectivity index (χ3n) is 4.03. The molecular formula is C17H22N4. The Morgan fingerprint density at radius 2 is 1.86 bits per heavy atom. The molecule has 1 aromatic heterocycles. The maximum atomic E-state index is 5.95. The fourth-order valence-electron chi connectivity index (χ4n) is 2.65. The van der Waals surface area contributed by atoms with Crippen LogP contribution in [0.4, 0.5) is 5.95 Å². The SMILES string of the molecule is Cc1ccc(Cc2ccnc(N3CCC(N)CC3)n2)cc1. The zero-order valence-corrected chi connectivity index (χ0v) is 12.5. The number of hydrogen-bond acceptors (Lipinski definition) is 4. The minimum Gasteiger partial charge on any atom is -0.341 e. The summed E-state index contributed by atoms with van der Waals surface area (Å²) in [7, 11) is 0. The summed E-state index contributed by atoms with van der Waals surface area (Å²) in [4.78, 5) is 11.4. The molecule has 1 aromatic carbocycles. The van der Waals surface area contributed by atoms with E-state index in [0.29, 0.717) is 6.04 Å². The van der Waals surface area contributed by atoms with Crippen molar-refractivity contribution in [3.05, 3.63) is 53.3 Å². The number of aromatic nitrogens is 2. The van der Waals surface area contributed by atoms with Crippen molar-refractivity contribution in [3.63, 3.8) is 0 Å². The van der Waals surface area contributed by atoms with Gasteiger partial charge in [-0.3, -0.25) is 0 Å². The highest BCUT2D eigenvalue weighted by Crippen LogP contribution is 2.16. The Balaban J connectivity index is 1.72. The van der Waals surface area contributed by atoms with Crippen LogP contribution in [0.1, 0.15) is 29.7 Å². The molecule has 0 aliphatic carbocycles. The van der Waals surface area contributed by atoms with Crippen molar-refractivity contribution < 1.29 is 0 Å². The molecule has 3 rings (SSSR count). The molecule has 1 aliphatic heterocycles. The van der Waals surface area contributed by atoms with E-state index in [-0.39, 0.29) is 0 Å². The molecule has 0 atom stereocenters. The molecular weight excluding hydrogens is 260 g/mol. The lowest BCUT2D eigenvalue weighted by atomic mass is 10.1. The van der Waals surface area contributed by atoms with Gasteiger partial charge in [-0.05, 0) is 31.4 Å². The van der Waals surface area contributed by atoms with E-state index in [9.17, 15) is 0 Å². The number of nitrogens with two attached hydrogens (primary N) is 1. The number of anilines is 1. The molecule has 21 heavy (non-hydrogen) atoms. The molecule has 2 aromatic rings. The maximum absolute atomic E-state index is 5.95. The van der Waals surface area contributed by atoms with Gasteiger partial charge < -0.3 is 10.6 Å². The van der Waals surface area contributed by atoms with Gasteiger partial charge >= 0.3 is 0 Å². The van der Waals surface area contributed by atoms with E-state index in [2.05, 4.69) is 41.1 Å². The summed E-state index contributed by atoms with van der Waals surface area (Å²) in [6.07, 6.45) is 4.75. The average Bonchev–Trinajstić information content (AvgIpc) is 2.51. The second-order valence-corrected chi connectivity index (χ2v) is 5.83. The molecule has 2 heterocycles. The van der Waals surface area contributed by atoms with Gasteiger partial charge in [0.25, 0.3) is 0 Å². The standard InChI is InChI=1S/C17H22N4/c1-13-2-4-14(5-3-13)12-16-6-9-19-17(20-16)21-10-7-15(18)8-11-21/h2-6,9,15H,7-8,10-12,18H2,1H3. The molecule has 4 nitrogen and oxygen atoms in total. The van der Waals surface area contributed by atoms with Gasteiger partial charge in [0.15, 0.2) is 0 Å². The Morgan fingerprint density at radius 3 is 2.57 bits per heavy atom. The Morgan fingerprint density at radius 1 is 1.14 bits per heavy atom. The lowest BCUT2D eigenvalue weighted by Gasteiger charge is -2.30. The highest BCUT2D eigenvalue weighted by molar-refractivity contribution is 5.33. The topological polar surface area (TPSA) is 55.0 Å². The summed E-state index contributed by atoms with van der Waals surface area (Å²) in [6.45, 7) is 4.01. The third-order valence-corrected chi connectivity index (χ3v) is 4.03. The van der Waals surface area contributed by atoms with Crippen LogP contribution in [-0.2, 0) is 6.42 Å². The lowest BCUT2D eigenvalue weighted by molar-refractivity contribution is 0.495. The normalized spacial score (nSPS) is 16.2. The number of aryl methyl sites for hydroxylation is 1. The van der Waals surface area contributed by atoms with Gasteiger partial charge in [-0.15, -0.1) is 0 Å². The summed E-state index contributed by atoms with van der Waals surface area (Å²) >= 11 is 0.